The standard InChI is InChI=1S/C13H12ClNO/c14-13(11-5-2-1-3-6-11)9-15-8-4-7-12(15)10-16/h1-8,10,13H,9H2. The van der Waals surface area contributed by atoms with Crippen molar-refractivity contribution in [1.82, 2.24) is 4.57 Å². The lowest BCUT2D eigenvalue weighted by Gasteiger charge is -2.12. The summed E-state index contributed by atoms with van der Waals surface area (Å²) < 4.78 is 1.86. The van der Waals surface area contributed by atoms with Crippen LogP contribution in [0.2, 0.25) is 0 Å². The SMILES string of the molecule is O=Cc1cccn1CC(Cl)c1ccccc1. The molecule has 0 spiro atoms. The van der Waals surface area contributed by atoms with Crippen LogP contribution in [-0.2, 0) is 6.54 Å². The van der Waals surface area contributed by atoms with Gasteiger partial charge in [-0.1, -0.05) is 30.3 Å². The van der Waals surface area contributed by atoms with E-state index < -0.39 is 0 Å². The van der Waals surface area contributed by atoms with Gasteiger partial charge in [-0.2, -0.15) is 0 Å². The maximum atomic E-state index is 10.7. The van der Waals surface area contributed by atoms with Crippen LogP contribution in [0, 0.1) is 0 Å². The van der Waals surface area contributed by atoms with Gasteiger partial charge in [-0.3, -0.25) is 4.79 Å². The molecule has 2 aromatic rings. The third kappa shape index (κ3) is 2.34. The molecule has 2 nitrogen and oxygen atoms in total. The Morgan fingerprint density at radius 3 is 2.62 bits per heavy atom. The maximum absolute atomic E-state index is 10.7. The zero-order valence-corrected chi connectivity index (χ0v) is 9.47. The minimum absolute atomic E-state index is 0.118. The molecule has 0 amide bonds. The first-order valence-electron chi connectivity index (χ1n) is 5.10. The summed E-state index contributed by atoms with van der Waals surface area (Å²) in [5, 5.41) is -0.118. The first kappa shape index (κ1) is 11.0. The Hall–Kier alpha value is -1.54. The van der Waals surface area contributed by atoms with Crippen LogP contribution in [0.3, 0.4) is 0 Å². The number of hydrogen-bond donors (Lipinski definition) is 0. The number of nitrogens with zero attached hydrogens (tertiary/aromatic N) is 1. The van der Waals surface area contributed by atoms with E-state index in [1.54, 1.807) is 6.07 Å². The fourth-order valence-corrected chi connectivity index (χ4v) is 1.93. The minimum atomic E-state index is -0.118. The molecule has 0 radical (unpaired) electrons. The van der Waals surface area contributed by atoms with Gasteiger partial charge in [0, 0.05) is 12.7 Å². The molecular formula is C13H12ClNO. The normalized spacial score (nSPS) is 12.3. The van der Waals surface area contributed by atoms with E-state index in [1.165, 1.54) is 0 Å². The van der Waals surface area contributed by atoms with Crippen molar-refractivity contribution in [1.29, 1.82) is 0 Å². The zero-order valence-electron chi connectivity index (χ0n) is 8.71. The molecule has 16 heavy (non-hydrogen) atoms. The Labute approximate surface area is 99.5 Å². The molecule has 0 aliphatic carbocycles. The van der Waals surface area contributed by atoms with Crippen molar-refractivity contribution in [3.8, 4) is 0 Å². The van der Waals surface area contributed by atoms with Gasteiger partial charge in [0.2, 0.25) is 0 Å². The fraction of sp³-hybridized carbons (Fsp3) is 0.154. The molecule has 0 aliphatic heterocycles. The number of rotatable bonds is 4. The van der Waals surface area contributed by atoms with Gasteiger partial charge in [0.15, 0.2) is 6.29 Å². The van der Waals surface area contributed by atoms with Crippen LogP contribution in [0.15, 0.2) is 48.7 Å². The number of hydrogen-bond acceptors (Lipinski definition) is 1. The predicted molar refractivity (Wildman–Crippen MR) is 64.9 cm³/mol. The number of aromatic nitrogens is 1. The fourth-order valence-electron chi connectivity index (χ4n) is 1.64. The molecule has 0 fully saturated rings. The summed E-state index contributed by atoms with van der Waals surface area (Å²) in [6.07, 6.45) is 2.71. The topological polar surface area (TPSA) is 22.0 Å². The van der Waals surface area contributed by atoms with Gasteiger partial charge in [0.25, 0.3) is 0 Å². The highest BCUT2D eigenvalue weighted by Crippen LogP contribution is 2.22. The largest absolute Gasteiger partial charge is 0.344 e. The van der Waals surface area contributed by atoms with Crippen LogP contribution < -0.4 is 0 Å². The van der Waals surface area contributed by atoms with Crippen molar-refractivity contribution < 1.29 is 4.79 Å². The molecule has 1 heterocycles. The Kier molecular flexibility index (Phi) is 3.42. The molecule has 0 saturated carbocycles. The molecule has 0 bridgehead atoms. The summed E-state index contributed by atoms with van der Waals surface area (Å²) in [6.45, 7) is 0.604. The second-order valence-corrected chi connectivity index (χ2v) is 4.11. The molecule has 2 rings (SSSR count). The lowest BCUT2D eigenvalue weighted by Crippen LogP contribution is -2.06. The summed E-state index contributed by atoms with van der Waals surface area (Å²) >= 11 is 6.29. The Morgan fingerprint density at radius 1 is 1.19 bits per heavy atom. The highest BCUT2D eigenvalue weighted by Gasteiger charge is 2.09. The van der Waals surface area contributed by atoms with Gasteiger partial charge in [0.1, 0.15) is 0 Å². The van der Waals surface area contributed by atoms with E-state index in [0.29, 0.717) is 12.2 Å². The number of aldehydes is 1. The number of benzene rings is 1. The van der Waals surface area contributed by atoms with Crippen molar-refractivity contribution in [2.75, 3.05) is 0 Å². The average molecular weight is 234 g/mol. The highest BCUT2D eigenvalue weighted by atomic mass is 35.5. The van der Waals surface area contributed by atoms with Gasteiger partial charge in [-0.15, -0.1) is 11.6 Å². The van der Waals surface area contributed by atoms with E-state index in [2.05, 4.69) is 0 Å². The summed E-state index contributed by atoms with van der Waals surface area (Å²) in [6, 6.07) is 13.5. The summed E-state index contributed by atoms with van der Waals surface area (Å²) in [5.41, 5.74) is 1.72. The second-order valence-electron chi connectivity index (χ2n) is 3.58. The van der Waals surface area contributed by atoms with Crippen LogP contribution in [0.25, 0.3) is 0 Å². The predicted octanol–water partition coefficient (Wildman–Crippen LogP) is 3.28. The lowest BCUT2D eigenvalue weighted by molar-refractivity contribution is 0.111. The van der Waals surface area contributed by atoms with E-state index in [0.717, 1.165) is 11.8 Å². The van der Waals surface area contributed by atoms with E-state index >= 15 is 0 Å². The Morgan fingerprint density at radius 2 is 1.94 bits per heavy atom. The van der Waals surface area contributed by atoms with Crippen LogP contribution in [0.1, 0.15) is 21.4 Å². The van der Waals surface area contributed by atoms with E-state index in [1.807, 2.05) is 47.2 Å². The van der Waals surface area contributed by atoms with Gasteiger partial charge < -0.3 is 4.57 Å². The van der Waals surface area contributed by atoms with Crippen LogP contribution in [0.5, 0.6) is 0 Å². The third-order valence-corrected chi connectivity index (χ3v) is 2.89. The van der Waals surface area contributed by atoms with Crippen LogP contribution in [0.4, 0.5) is 0 Å². The van der Waals surface area contributed by atoms with Gasteiger partial charge >= 0.3 is 0 Å². The van der Waals surface area contributed by atoms with E-state index in [4.69, 9.17) is 11.6 Å². The van der Waals surface area contributed by atoms with Crippen molar-refractivity contribution in [3.05, 3.63) is 59.9 Å². The Balaban J connectivity index is 2.14. The van der Waals surface area contributed by atoms with Crippen LogP contribution in [-0.4, -0.2) is 10.9 Å². The first-order chi connectivity index (χ1) is 7.81. The number of halogens is 1. The molecule has 1 atom stereocenters. The Bertz CT molecular complexity index is 464. The van der Waals surface area contributed by atoms with Crippen molar-refractivity contribution in [2.24, 2.45) is 0 Å². The molecule has 3 heteroatoms. The number of carbonyl (C=O) groups excluding carboxylic acids is 1. The molecule has 82 valence electrons. The quantitative estimate of drug-likeness (QED) is 0.587. The molecule has 0 aliphatic rings. The first-order valence-corrected chi connectivity index (χ1v) is 5.54. The molecule has 1 aromatic heterocycles. The minimum Gasteiger partial charge on any atom is -0.344 e. The monoisotopic (exact) mass is 233 g/mol. The maximum Gasteiger partial charge on any atom is 0.166 e. The van der Waals surface area contributed by atoms with Crippen LogP contribution >= 0.6 is 11.6 Å². The smallest absolute Gasteiger partial charge is 0.166 e. The zero-order chi connectivity index (χ0) is 11.4. The average Bonchev–Trinajstić information content (AvgIpc) is 2.77. The lowest BCUT2D eigenvalue weighted by atomic mass is 10.1. The van der Waals surface area contributed by atoms with Crippen molar-refractivity contribution in [3.63, 3.8) is 0 Å². The second kappa shape index (κ2) is 4.99. The molecule has 0 saturated heterocycles. The summed E-state index contributed by atoms with van der Waals surface area (Å²) in [4.78, 5) is 10.7. The number of carbonyl (C=O) groups is 1. The third-order valence-electron chi connectivity index (χ3n) is 2.50. The number of alkyl halides is 1. The summed E-state index contributed by atoms with van der Waals surface area (Å²) in [5.74, 6) is 0. The molecule has 1 unspecified atom stereocenters. The molecular weight excluding hydrogens is 222 g/mol. The van der Waals surface area contributed by atoms with Gasteiger partial charge in [-0.25, -0.2) is 0 Å². The highest BCUT2D eigenvalue weighted by molar-refractivity contribution is 6.20. The molecule has 0 N–H and O–H groups in total. The van der Waals surface area contributed by atoms with E-state index in [9.17, 15) is 4.79 Å². The summed E-state index contributed by atoms with van der Waals surface area (Å²) in [7, 11) is 0. The van der Waals surface area contributed by atoms with Crippen molar-refractivity contribution >= 4 is 17.9 Å². The van der Waals surface area contributed by atoms with Gasteiger partial charge in [-0.05, 0) is 17.7 Å². The van der Waals surface area contributed by atoms with Crippen molar-refractivity contribution in [2.45, 2.75) is 11.9 Å². The van der Waals surface area contributed by atoms with Gasteiger partial charge in [0.05, 0.1) is 11.1 Å². The van der Waals surface area contributed by atoms with E-state index in [-0.39, 0.29) is 5.38 Å². The molecule has 1 aromatic carbocycles.